The summed E-state index contributed by atoms with van der Waals surface area (Å²) in [6.45, 7) is 0. The van der Waals surface area contributed by atoms with Gasteiger partial charge in [-0.3, -0.25) is 0 Å². The fourth-order valence-corrected chi connectivity index (χ4v) is 0.498. The van der Waals surface area contributed by atoms with Crippen LogP contribution >= 0.6 is 55.4 Å². The van der Waals surface area contributed by atoms with Gasteiger partial charge >= 0.3 is 5.24 Å². The second kappa shape index (κ2) is 3.63. The van der Waals surface area contributed by atoms with E-state index in [0.717, 1.165) is 0 Å². The molecule has 0 aromatic rings. The molecule has 0 N–H and O–H groups in total. The lowest BCUT2D eigenvalue weighted by Crippen LogP contribution is -1.62. The molecule has 0 aliphatic rings. The molecule has 7 heteroatoms. The van der Waals surface area contributed by atoms with Crippen LogP contribution < -0.4 is 0 Å². The van der Waals surface area contributed by atoms with Crippen molar-refractivity contribution in [2.75, 3.05) is 0 Å². The molecule has 1 atom stereocenters. The first-order valence-electron chi connectivity index (χ1n) is 1.03. The smallest absolute Gasteiger partial charge is 0.246 e. The first kappa shape index (κ1) is 8.65. The Morgan fingerprint density at radius 2 is 2.29 bits per heavy atom. The first-order chi connectivity index (χ1) is 3.12. The number of rotatable bonds is 2. The highest BCUT2D eigenvalue weighted by Gasteiger charge is 2.16. The number of halogens is 3. The molecule has 0 saturated carbocycles. The fourth-order valence-electron chi connectivity index (χ4n) is 0.0106. The van der Waals surface area contributed by atoms with Crippen molar-refractivity contribution >= 4 is 55.4 Å². The molecule has 0 radical (unpaired) electrons. The van der Waals surface area contributed by atoms with Gasteiger partial charge in [-0.15, -0.1) is 0 Å². The van der Waals surface area contributed by atoms with E-state index >= 15 is 0 Å². The average Bonchev–Trinajstić information content (AvgIpc) is 1.68. The SMILES string of the molecule is O=P(I)(OCl)OBr. The molecular formula is BrClIO3P. The summed E-state index contributed by atoms with van der Waals surface area (Å²) in [5.74, 6) is 0. The maximum atomic E-state index is 10.3. The Hall–Kier alpha value is 1.65. The molecule has 0 aliphatic heterocycles. The van der Waals surface area contributed by atoms with Gasteiger partial charge in [0.1, 0.15) is 16.3 Å². The van der Waals surface area contributed by atoms with Crippen LogP contribution in [-0.4, -0.2) is 0 Å². The molecule has 0 rings (SSSR count). The second-order valence-electron chi connectivity index (χ2n) is 0.569. The Morgan fingerprint density at radius 1 is 1.86 bits per heavy atom. The molecule has 0 aliphatic carbocycles. The summed E-state index contributed by atoms with van der Waals surface area (Å²) < 4.78 is 18.2. The van der Waals surface area contributed by atoms with Crippen LogP contribution in [0.1, 0.15) is 0 Å². The fraction of sp³-hybridized carbons (Fsp3) is 0. The Balaban J connectivity index is 3.61. The molecule has 7 heavy (non-hydrogen) atoms. The van der Waals surface area contributed by atoms with Crippen LogP contribution in [0.5, 0.6) is 0 Å². The van der Waals surface area contributed by atoms with Crippen molar-refractivity contribution in [3.8, 4) is 0 Å². The maximum absolute atomic E-state index is 10.3. The Bertz CT molecular complexity index is 86.9. The largest absolute Gasteiger partial charge is 0.415 e. The second-order valence-corrected chi connectivity index (χ2v) is 6.53. The van der Waals surface area contributed by atoms with Gasteiger partial charge in [-0.1, -0.05) is 0 Å². The zero-order valence-electron chi connectivity index (χ0n) is 2.81. The van der Waals surface area contributed by atoms with Crippen LogP contribution in [0.25, 0.3) is 0 Å². The van der Waals surface area contributed by atoms with Crippen LogP contribution in [0.15, 0.2) is 0 Å². The third-order valence-corrected chi connectivity index (χ3v) is 5.69. The maximum Gasteiger partial charge on any atom is 0.415 e. The van der Waals surface area contributed by atoms with E-state index in [9.17, 15) is 4.57 Å². The predicted octanol–water partition coefficient (Wildman–Crippen LogP) is 3.03. The molecule has 1 unspecified atom stereocenters. The zero-order chi connectivity index (χ0) is 5.91. The lowest BCUT2D eigenvalue weighted by atomic mass is 15.8. The normalized spacial score (nSPS) is 18.7. The van der Waals surface area contributed by atoms with Crippen LogP contribution in [0.3, 0.4) is 0 Å². The van der Waals surface area contributed by atoms with Crippen molar-refractivity contribution < 1.29 is 12.3 Å². The van der Waals surface area contributed by atoms with Gasteiger partial charge in [0.25, 0.3) is 0 Å². The highest BCUT2D eigenvalue weighted by molar-refractivity contribution is 14.2. The van der Waals surface area contributed by atoms with E-state index in [1.807, 2.05) is 0 Å². The minimum atomic E-state index is -3.00. The lowest BCUT2D eigenvalue weighted by Gasteiger charge is -1.96. The van der Waals surface area contributed by atoms with Crippen LogP contribution in [0, 0.1) is 0 Å². The molecule has 0 heterocycles. The van der Waals surface area contributed by atoms with E-state index in [4.69, 9.17) is 0 Å². The molecular weight excluding hydrogens is 321 g/mol. The molecule has 0 bridgehead atoms. The summed E-state index contributed by atoms with van der Waals surface area (Å²) in [4.78, 5) is 0. The van der Waals surface area contributed by atoms with E-state index in [2.05, 4.69) is 35.8 Å². The summed E-state index contributed by atoms with van der Waals surface area (Å²) >= 11 is 8.55. The summed E-state index contributed by atoms with van der Waals surface area (Å²) in [7, 11) is 0. The minimum Gasteiger partial charge on any atom is -0.246 e. The molecule has 0 amide bonds. The van der Waals surface area contributed by atoms with Crippen molar-refractivity contribution in [1.82, 2.24) is 0 Å². The van der Waals surface area contributed by atoms with Crippen LogP contribution in [0.2, 0.25) is 0 Å². The predicted molar refractivity (Wildman–Crippen MR) is 38.6 cm³/mol. The summed E-state index contributed by atoms with van der Waals surface area (Å²) in [6, 6.07) is 0. The third kappa shape index (κ3) is 4.17. The van der Waals surface area contributed by atoms with Crippen LogP contribution in [0.4, 0.5) is 0 Å². The summed E-state index contributed by atoms with van der Waals surface area (Å²) in [5.41, 5.74) is 0. The van der Waals surface area contributed by atoms with Crippen LogP contribution in [-0.2, 0) is 12.3 Å². The van der Waals surface area contributed by atoms with Gasteiger partial charge in [-0.2, -0.15) is 4.08 Å². The van der Waals surface area contributed by atoms with Crippen molar-refractivity contribution in [1.29, 1.82) is 0 Å². The molecule has 0 aromatic carbocycles. The van der Waals surface area contributed by atoms with Gasteiger partial charge in [0, 0.05) is 0 Å². The monoisotopic (exact) mass is 320 g/mol. The molecule has 44 valence electrons. The van der Waals surface area contributed by atoms with E-state index in [-0.39, 0.29) is 0 Å². The van der Waals surface area contributed by atoms with Crippen molar-refractivity contribution in [3.05, 3.63) is 0 Å². The molecule has 3 nitrogen and oxygen atoms in total. The quantitative estimate of drug-likeness (QED) is 0.579. The van der Waals surface area contributed by atoms with E-state index in [1.165, 1.54) is 22.0 Å². The zero-order valence-corrected chi connectivity index (χ0v) is 8.20. The van der Waals surface area contributed by atoms with Gasteiger partial charge in [0.15, 0.2) is 0 Å². The molecule has 0 fully saturated rings. The Morgan fingerprint density at radius 3 is 2.29 bits per heavy atom. The van der Waals surface area contributed by atoms with Gasteiger partial charge in [0.2, 0.25) is 0 Å². The number of hydrogen-bond acceptors (Lipinski definition) is 3. The Labute approximate surface area is 67.3 Å². The number of hydrogen-bond donors (Lipinski definition) is 0. The Kier molecular flexibility index (Phi) is 4.49. The van der Waals surface area contributed by atoms with Gasteiger partial charge in [-0.25, -0.2) is 8.18 Å². The van der Waals surface area contributed by atoms with E-state index in [0.29, 0.717) is 0 Å². The minimum absolute atomic E-state index is 1.44. The van der Waals surface area contributed by atoms with Crippen molar-refractivity contribution in [2.24, 2.45) is 0 Å². The van der Waals surface area contributed by atoms with Crippen molar-refractivity contribution in [2.45, 2.75) is 0 Å². The van der Waals surface area contributed by atoms with Crippen molar-refractivity contribution in [3.63, 3.8) is 0 Å². The summed E-state index contributed by atoms with van der Waals surface area (Å²) in [5, 5.41) is -3.00. The summed E-state index contributed by atoms with van der Waals surface area (Å²) in [6.07, 6.45) is 0. The van der Waals surface area contributed by atoms with Gasteiger partial charge in [-0.05, 0) is 0 Å². The van der Waals surface area contributed by atoms with E-state index < -0.39 is 5.24 Å². The molecule has 0 saturated heterocycles. The topological polar surface area (TPSA) is 35.5 Å². The molecule has 0 spiro atoms. The average molecular weight is 321 g/mol. The molecule has 0 aromatic heterocycles. The highest BCUT2D eigenvalue weighted by Crippen LogP contribution is 2.59. The van der Waals surface area contributed by atoms with Gasteiger partial charge in [0.05, 0.1) is 33.9 Å². The van der Waals surface area contributed by atoms with Gasteiger partial charge < -0.3 is 0 Å². The first-order valence-corrected chi connectivity index (χ1v) is 6.31. The van der Waals surface area contributed by atoms with E-state index in [1.54, 1.807) is 0 Å². The highest BCUT2D eigenvalue weighted by atomic mass is 127. The standard InChI is InChI=1S/BrClIO3P/c1-5-7(3,4)6-2. The third-order valence-electron chi connectivity index (χ3n) is 0.165. The lowest BCUT2D eigenvalue weighted by molar-refractivity contribution is 0.458.